The summed E-state index contributed by atoms with van der Waals surface area (Å²) in [4.78, 5) is 0. The Morgan fingerprint density at radius 2 is 0.738 bits per heavy atom. The average Bonchev–Trinajstić information content (AvgIpc) is 3.26. The number of aryl methyl sites for hydroxylation is 6. The summed E-state index contributed by atoms with van der Waals surface area (Å²) in [6.45, 7) is 7.44. The van der Waals surface area contributed by atoms with Gasteiger partial charge in [-0.3, -0.25) is 0 Å². The predicted molar refractivity (Wildman–Crippen MR) is 259 cm³/mol. The van der Waals surface area contributed by atoms with Gasteiger partial charge in [-0.25, -0.2) is 0 Å². The number of hydrogen-bond acceptors (Lipinski definition) is 0. The van der Waals surface area contributed by atoms with E-state index in [0.29, 0.717) is 41.4 Å². The van der Waals surface area contributed by atoms with Crippen molar-refractivity contribution in [2.75, 3.05) is 0 Å². The molecule has 0 nitrogen and oxygen atoms in total. The van der Waals surface area contributed by atoms with Crippen LogP contribution in [0.4, 0.5) is 0 Å². The molecule has 7 atom stereocenters. The minimum atomic E-state index is 0.504. The van der Waals surface area contributed by atoms with Crippen molar-refractivity contribution < 1.29 is 0 Å². The molecular weight excluding hydrogens is 733 g/mol. The molecule has 0 amide bonds. The summed E-state index contributed by atoms with van der Waals surface area (Å²) in [5.41, 5.74) is 18.7. The van der Waals surface area contributed by atoms with Gasteiger partial charge in [-0.15, -0.1) is 0 Å². The van der Waals surface area contributed by atoms with Gasteiger partial charge in [0.25, 0.3) is 0 Å². The van der Waals surface area contributed by atoms with Crippen LogP contribution in [0.25, 0.3) is 0 Å². The Hall–Kier alpha value is -4.68. The molecule has 0 N–H and O–H groups in total. The monoisotopic (exact) mass is 803 g/mol. The molecule has 0 bridgehead atoms. The Morgan fingerprint density at radius 3 is 1.21 bits per heavy atom. The topological polar surface area (TPSA) is 0 Å². The van der Waals surface area contributed by atoms with E-state index in [-0.39, 0.29) is 0 Å². The zero-order valence-corrected chi connectivity index (χ0v) is 37.5. The number of rotatable bonds is 21. The minimum absolute atomic E-state index is 0.504. The molecule has 0 aromatic heterocycles. The minimum Gasteiger partial charge on any atom is -0.0648 e. The predicted octanol–water partition coefficient (Wildman–Crippen LogP) is 16.2. The van der Waals surface area contributed by atoms with E-state index < -0.39 is 0 Å². The normalized spacial score (nSPS) is 17.2. The van der Waals surface area contributed by atoms with Crippen LogP contribution in [0.2, 0.25) is 0 Å². The smallest absolute Gasteiger partial charge is 0.0150 e. The van der Waals surface area contributed by atoms with Gasteiger partial charge in [0.2, 0.25) is 0 Å². The highest BCUT2D eigenvalue weighted by atomic mass is 14.3. The largest absolute Gasteiger partial charge is 0.0648 e. The molecule has 0 saturated carbocycles. The molecule has 0 heterocycles. The second-order valence-electron chi connectivity index (χ2n) is 19.8. The Morgan fingerprint density at radius 1 is 0.344 bits per heavy atom. The Bertz CT molecular complexity index is 2320. The van der Waals surface area contributed by atoms with Crippen molar-refractivity contribution in [3.05, 3.63) is 212 Å². The van der Waals surface area contributed by atoms with E-state index in [9.17, 15) is 0 Å². The molecule has 6 aromatic carbocycles. The third-order valence-electron chi connectivity index (χ3n) is 15.8. The van der Waals surface area contributed by atoms with Gasteiger partial charge >= 0.3 is 0 Å². The number of benzene rings is 6. The van der Waals surface area contributed by atoms with Gasteiger partial charge in [0, 0.05) is 0 Å². The summed E-state index contributed by atoms with van der Waals surface area (Å²) < 4.78 is 0. The third-order valence-corrected chi connectivity index (χ3v) is 15.8. The van der Waals surface area contributed by atoms with E-state index in [1.807, 2.05) is 0 Å². The SMILES string of the molecule is CCC(CC(CC(C)CCCC(CC(CC(CC(C)c1ccc2c(c1)CC2)c1ccccc1)c1ccc2c(c1)CC2)c1ccccc1)c1ccccc1)c1ccc2c(c1)CC2. The maximum Gasteiger partial charge on any atom is -0.0150 e. The van der Waals surface area contributed by atoms with Gasteiger partial charge in [0.15, 0.2) is 0 Å². The van der Waals surface area contributed by atoms with E-state index in [2.05, 4.69) is 166 Å². The second kappa shape index (κ2) is 19.6. The van der Waals surface area contributed by atoms with Crippen LogP contribution >= 0.6 is 0 Å². The molecule has 7 unspecified atom stereocenters. The fraction of sp³-hybridized carbons (Fsp3) is 0.410. The van der Waals surface area contributed by atoms with Crippen LogP contribution < -0.4 is 0 Å². The van der Waals surface area contributed by atoms with Crippen LogP contribution in [-0.2, 0) is 38.5 Å². The lowest BCUT2D eigenvalue weighted by molar-refractivity contribution is 0.372. The molecule has 3 aliphatic rings. The first-order valence-corrected chi connectivity index (χ1v) is 24.5. The molecule has 6 aromatic rings. The fourth-order valence-corrected chi connectivity index (χ4v) is 11.6. The fourth-order valence-electron chi connectivity index (χ4n) is 11.6. The molecule has 0 heteroatoms. The van der Waals surface area contributed by atoms with Crippen molar-refractivity contribution in [3.63, 3.8) is 0 Å². The van der Waals surface area contributed by atoms with Gasteiger partial charge in [-0.2, -0.15) is 0 Å². The molecule has 0 radical (unpaired) electrons. The molecule has 0 spiro atoms. The quantitative estimate of drug-likeness (QED) is 0.0680. The van der Waals surface area contributed by atoms with Crippen LogP contribution in [0.1, 0.15) is 181 Å². The summed E-state index contributed by atoms with van der Waals surface area (Å²) in [6, 6.07) is 57.1. The van der Waals surface area contributed by atoms with Gasteiger partial charge < -0.3 is 0 Å². The highest BCUT2D eigenvalue weighted by Crippen LogP contribution is 2.45. The second-order valence-corrected chi connectivity index (χ2v) is 19.8. The lowest BCUT2D eigenvalue weighted by atomic mass is 9.73. The van der Waals surface area contributed by atoms with E-state index in [4.69, 9.17) is 0 Å². The van der Waals surface area contributed by atoms with E-state index >= 15 is 0 Å². The first-order valence-electron chi connectivity index (χ1n) is 24.5. The molecule has 0 saturated heterocycles. The van der Waals surface area contributed by atoms with Gasteiger partial charge in [-0.05, 0) is 192 Å². The van der Waals surface area contributed by atoms with E-state index in [1.165, 1.54) is 119 Å². The van der Waals surface area contributed by atoms with Crippen LogP contribution in [0.5, 0.6) is 0 Å². The Labute approximate surface area is 369 Å². The first kappa shape index (κ1) is 41.7. The van der Waals surface area contributed by atoms with Crippen molar-refractivity contribution in [2.45, 2.75) is 153 Å². The van der Waals surface area contributed by atoms with Crippen molar-refractivity contribution in [2.24, 2.45) is 5.92 Å². The van der Waals surface area contributed by atoms with E-state index in [1.54, 1.807) is 44.5 Å². The summed E-state index contributed by atoms with van der Waals surface area (Å²) in [6.07, 6.45) is 18.6. The van der Waals surface area contributed by atoms with Crippen LogP contribution in [0.3, 0.4) is 0 Å². The molecule has 314 valence electrons. The van der Waals surface area contributed by atoms with Crippen LogP contribution in [-0.4, -0.2) is 0 Å². The van der Waals surface area contributed by atoms with Crippen molar-refractivity contribution >= 4 is 0 Å². The maximum atomic E-state index is 2.62. The Balaban J connectivity index is 0.927. The lowest BCUT2D eigenvalue weighted by Gasteiger charge is -2.32. The van der Waals surface area contributed by atoms with Crippen LogP contribution in [0, 0.1) is 5.92 Å². The first-order chi connectivity index (χ1) is 30.0. The van der Waals surface area contributed by atoms with Crippen molar-refractivity contribution in [1.82, 2.24) is 0 Å². The summed E-state index contributed by atoms with van der Waals surface area (Å²) in [7, 11) is 0. The van der Waals surface area contributed by atoms with Crippen LogP contribution in [0.15, 0.2) is 146 Å². The van der Waals surface area contributed by atoms with E-state index in [0.717, 1.165) is 0 Å². The van der Waals surface area contributed by atoms with Crippen molar-refractivity contribution in [1.29, 1.82) is 0 Å². The molecule has 0 aliphatic heterocycles. The van der Waals surface area contributed by atoms with Gasteiger partial charge in [0.1, 0.15) is 0 Å². The zero-order chi connectivity index (χ0) is 41.5. The summed E-state index contributed by atoms with van der Waals surface area (Å²) in [5, 5.41) is 0. The van der Waals surface area contributed by atoms with Gasteiger partial charge in [0.05, 0.1) is 0 Å². The maximum absolute atomic E-state index is 2.62. The molecule has 3 aliphatic carbocycles. The Kier molecular flexibility index (Phi) is 13.4. The number of hydrogen-bond donors (Lipinski definition) is 0. The summed E-state index contributed by atoms with van der Waals surface area (Å²) >= 11 is 0. The third kappa shape index (κ3) is 10.0. The highest BCUT2D eigenvalue weighted by Gasteiger charge is 2.29. The number of fused-ring (bicyclic) bond motifs is 3. The molecular formula is C61H70. The molecule has 9 rings (SSSR count). The standard InChI is InChI=1S/C61H70/c1-4-45(54-30-24-50-26-32-56(50)39-54)37-59(47-18-10-6-11-19-47)35-43(2)15-14-22-53(46-16-8-5-9-17-46)41-61(58-34-28-51-27-33-57(51)40-58)42-60(48-20-12-7-13-21-48)36-44(3)52-29-23-49-25-31-55(49)38-52/h5-13,16-21,23-24,28-30,34,38-40,43-45,53,59-61H,4,14-15,22,25-27,31-33,35-37,41-42H2,1-3H3. The van der Waals surface area contributed by atoms with Gasteiger partial charge in [-0.1, -0.05) is 179 Å². The van der Waals surface area contributed by atoms with Crippen molar-refractivity contribution in [3.8, 4) is 0 Å². The summed E-state index contributed by atoms with van der Waals surface area (Å²) in [5.74, 6) is 3.95. The highest BCUT2D eigenvalue weighted by molar-refractivity contribution is 5.43. The zero-order valence-electron chi connectivity index (χ0n) is 37.5. The lowest BCUT2D eigenvalue weighted by Crippen LogP contribution is -2.16. The molecule has 61 heavy (non-hydrogen) atoms. The molecule has 0 fully saturated rings. The average molecular weight is 803 g/mol.